The third-order valence-corrected chi connectivity index (χ3v) is 4.17. The van der Waals surface area contributed by atoms with Gasteiger partial charge in [0.05, 0.1) is 6.61 Å². The van der Waals surface area contributed by atoms with Crippen molar-refractivity contribution in [3.63, 3.8) is 0 Å². The molecule has 0 saturated carbocycles. The summed E-state index contributed by atoms with van der Waals surface area (Å²) >= 11 is 0. The zero-order valence-corrected chi connectivity index (χ0v) is 16.6. The van der Waals surface area contributed by atoms with Crippen molar-refractivity contribution in [2.75, 3.05) is 6.61 Å². The van der Waals surface area contributed by atoms with Gasteiger partial charge in [-0.15, -0.1) is 0 Å². The van der Waals surface area contributed by atoms with Gasteiger partial charge in [-0.3, -0.25) is 9.59 Å². The van der Waals surface area contributed by atoms with Crippen LogP contribution in [0.4, 0.5) is 0 Å². The first-order chi connectivity index (χ1) is 12.7. The van der Waals surface area contributed by atoms with Gasteiger partial charge in [0.25, 0.3) is 0 Å². The first-order valence-electron chi connectivity index (χ1n) is 9.74. The summed E-state index contributed by atoms with van der Waals surface area (Å²) in [5.74, 6) is -1.38. The van der Waals surface area contributed by atoms with Crippen molar-refractivity contribution in [3.8, 4) is 0 Å². The molecule has 0 bridgehead atoms. The maximum absolute atomic E-state index is 10.5. The lowest BCUT2D eigenvalue weighted by Crippen LogP contribution is -2.48. The number of hydrogen-bond donors (Lipinski definition) is 6. The maximum Gasteiger partial charge on any atom is 0.303 e. The zero-order valence-electron chi connectivity index (χ0n) is 16.6. The van der Waals surface area contributed by atoms with Crippen LogP contribution in [0.1, 0.15) is 78.1 Å². The van der Waals surface area contributed by atoms with Crippen molar-refractivity contribution in [3.05, 3.63) is 0 Å². The number of carboxylic acid groups (broad SMARTS) is 1. The summed E-state index contributed by atoms with van der Waals surface area (Å²) in [6, 6.07) is 0. The first-order valence-corrected chi connectivity index (χ1v) is 9.74. The first kappa shape index (κ1) is 28.2. The largest absolute Gasteiger partial charge is 0.481 e. The molecular formula is C19H38O8. The number of carboxylic acids is 1. The Bertz CT molecular complexity index is 375. The fourth-order valence-corrected chi connectivity index (χ4v) is 2.35. The minimum atomic E-state index is -1.79. The third-order valence-electron chi connectivity index (χ3n) is 4.17. The van der Waals surface area contributed by atoms with Crippen LogP contribution in [0.15, 0.2) is 0 Å². The predicted molar refractivity (Wildman–Crippen MR) is 101 cm³/mol. The number of carbonyl (C=O) groups is 2. The second-order valence-corrected chi connectivity index (χ2v) is 6.76. The summed E-state index contributed by atoms with van der Waals surface area (Å²) in [5, 5.41) is 52.7. The number of aliphatic hydroxyl groups is 5. The number of carbonyl (C=O) groups excluding carboxylic acids is 1. The van der Waals surface area contributed by atoms with Crippen molar-refractivity contribution in [2.45, 2.75) is 102 Å². The molecule has 8 nitrogen and oxygen atoms in total. The lowest BCUT2D eigenvalue weighted by molar-refractivity contribution is -0.145. The third kappa shape index (κ3) is 16.8. The summed E-state index contributed by atoms with van der Waals surface area (Å²) in [6.45, 7) is 2.50. The zero-order chi connectivity index (χ0) is 21.2. The van der Waals surface area contributed by atoms with Gasteiger partial charge in [-0.1, -0.05) is 58.3 Å². The normalized spacial score (nSPS) is 15.2. The summed E-state index contributed by atoms with van der Waals surface area (Å²) in [5.41, 5.74) is 0. The Hall–Kier alpha value is -1.06. The van der Waals surface area contributed by atoms with Crippen LogP contribution < -0.4 is 0 Å². The van der Waals surface area contributed by atoms with Gasteiger partial charge < -0.3 is 30.6 Å². The molecule has 0 fully saturated rings. The minimum Gasteiger partial charge on any atom is -0.481 e. The van der Waals surface area contributed by atoms with E-state index in [1.54, 1.807) is 0 Å². The number of aliphatic hydroxyl groups excluding tert-OH is 5. The van der Waals surface area contributed by atoms with E-state index < -0.39 is 42.8 Å². The van der Waals surface area contributed by atoms with Crippen LogP contribution in [0.2, 0.25) is 0 Å². The fourth-order valence-electron chi connectivity index (χ4n) is 2.35. The molecule has 0 aromatic carbocycles. The van der Waals surface area contributed by atoms with Crippen molar-refractivity contribution in [2.24, 2.45) is 0 Å². The van der Waals surface area contributed by atoms with E-state index in [-0.39, 0.29) is 0 Å². The van der Waals surface area contributed by atoms with Crippen LogP contribution in [-0.2, 0) is 9.59 Å². The Morgan fingerprint density at radius 3 is 1.59 bits per heavy atom. The molecule has 0 aromatic rings. The van der Waals surface area contributed by atoms with Crippen LogP contribution in [0, 0.1) is 0 Å². The highest BCUT2D eigenvalue weighted by Gasteiger charge is 2.32. The van der Waals surface area contributed by atoms with Gasteiger partial charge in [-0.25, -0.2) is 0 Å². The number of ketones is 1. The van der Waals surface area contributed by atoms with E-state index in [1.165, 1.54) is 44.9 Å². The summed E-state index contributed by atoms with van der Waals surface area (Å²) in [4.78, 5) is 20.7. The molecule has 0 heterocycles. The highest BCUT2D eigenvalue weighted by Crippen LogP contribution is 2.10. The quantitative estimate of drug-likeness (QED) is 0.225. The van der Waals surface area contributed by atoms with Crippen molar-refractivity contribution in [1.82, 2.24) is 0 Å². The molecule has 4 unspecified atom stereocenters. The minimum absolute atomic E-state index is 0.343. The van der Waals surface area contributed by atoms with Crippen LogP contribution in [-0.4, -0.2) is 73.4 Å². The van der Waals surface area contributed by atoms with E-state index in [2.05, 4.69) is 6.92 Å². The number of aliphatic carboxylic acids is 1. The van der Waals surface area contributed by atoms with Gasteiger partial charge in [-0.2, -0.15) is 0 Å². The topological polar surface area (TPSA) is 156 Å². The molecule has 8 heteroatoms. The molecule has 0 spiro atoms. The van der Waals surface area contributed by atoms with Gasteiger partial charge in [-0.05, 0) is 13.3 Å². The Morgan fingerprint density at radius 1 is 0.778 bits per heavy atom. The van der Waals surface area contributed by atoms with Crippen LogP contribution in [0.25, 0.3) is 0 Å². The summed E-state index contributed by atoms with van der Waals surface area (Å²) < 4.78 is 0. The predicted octanol–water partition coefficient (Wildman–Crippen LogP) is 1.00. The van der Waals surface area contributed by atoms with Gasteiger partial charge >= 0.3 is 5.97 Å². The molecule has 0 saturated heterocycles. The van der Waals surface area contributed by atoms with Crippen LogP contribution in [0.5, 0.6) is 0 Å². The molecule has 0 aliphatic rings. The molecule has 0 amide bonds. The number of rotatable bonds is 15. The van der Waals surface area contributed by atoms with E-state index in [0.717, 1.165) is 19.8 Å². The van der Waals surface area contributed by atoms with Gasteiger partial charge in [0, 0.05) is 6.42 Å². The SMILES string of the molecule is CC(=O)C(O)C(O)C(O)C(O)CO.CCCCCCCCCCCC(=O)O. The van der Waals surface area contributed by atoms with Crippen LogP contribution in [0.3, 0.4) is 0 Å². The molecule has 27 heavy (non-hydrogen) atoms. The molecule has 0 radical (unpaired) electrons. The van der Waals surface area contributed by atoms with E-state index >= 15 is 0 Å². The van der Waals surface area contributed by atoms with Crippen molar-refractivity contribution >= 4 is 11.8 Å². The van der Waals surface area contributed by atoms with Crippen molar-refractivity contribution in [1.29, 1.82) is 0 Å². The standard InChI is InChI=1S/C12H24O2.C7H14O6/c1-2-3-4-5-6-7-8-9-10-11-12(13)14;1-3(9)5(11)7(13)6(12)4(10)2-8/h2-11H2,1H3,(H,13,14);4-8,10-13H,2H2,1H3. The lowest BCUT2D eigenvalue weighted by Gasteiger charge is -2.23. The smallest absolute Gasteiger partial charge is 0.303 e. The van der Waals surface area contributed by atoms with Gasteiger partial charge in [0.2, 0.25) is 0 Å². The van der Waals surface area contributed by atoms with E-state index in [1.807, 2.05) is 0 Å². The molecule has 0 aliphatic carbocycles. The second kappa shape index (κ2) is 18.3. The Balaban J connectivity index is 0. The second-order valence-electron chi connectivity index (χ2n) is 6.76. The van der Waals surface area contributed by atoms with Crippen molar-refractivity contribution < 1.29 is 40.2 Å². The summed E-state index contributed by atoms with van der Waals surface area (Å²) in [6.07, 6.45) is 4.61. The molecule has 162 valence electrons. The molecule has 0 aliphatic heterocycles. The highest BCUT2D eigenvalue weighted by atomic mass is 16.4. The van der Waals surface area contributed by atoms with Gasteiger partial charge in [0.1, 0.15) is 24.4 Å². The summed E-state index contributed by atoms with van der Waals surface area (Å²) in [7, 11) is 0. The van der Waals surface area contributed by atoms with Gasteiger partial charge in [0.15, 0.2) is 5.78 Å². The van der Waals surface area contributed by atoms with Crippen LogP contribution >= 0.6 is 0 Å². The maximum atomic E-state index is 10.5. The highest BCUT2D eigenvalue weighted by molar-refractivity contribution is 5.80. The Kier molecular flexibility index (Phi) is 19.1. The molecule has 0 rings (SSSR count). The molecule has 6 N–H and O–H groups in total. The monoisotopic (exact) mass is 394 g/mol. The lowest BCUT2D eigenvalue weighted by atomic mass is 10.0. The Labute approximate surface area is 161 Å². The fraction of sp³-hybridized carbons (Fsp3) is 0.895. The average molecular weight is 395 g/mol. The molecular weight excluding hydrogens is 356 g/mol. The average Bonchev–Trinajstić information content (AvgIpc) is 2.64. The van der Waals surface area contributed by atoms with E-state index in [0.29, 0.717) is 6.42 Å². The molecule has 4 atom stereocenters. The number of unbranched alkanes of at least 4 members (excludes halogenated alkanes) is 8. The number of Topliss-reactive ketones (excluding diaryl/α,β-unsaturated/α-hetero) is 1. The van der Waals surface area contributed by atoms with E-state index in [4.69, 9.17) is 30.6 Å². The Morgan fingerprint density at radius 2 is 1.22 bits per heavy atom. The molecule has 0 aromatic heterocycles. The van der Waals surface area contributed by atoms with E-state index in [9.17, 15) is 9.59 Å². The number of hydrogen-bond acceptors (Lipinski definition) is 7.